The minimum absolute atomic E-state index is 0.0467. The third-order valence-corrected chi connectivity index (χ3v) is 6.42. The number of fused-ring (bicyclic) bond motifs is 1. The highest BCUT2D eigenvalue weighted by atomic mass is 32.1. The van der Waals surface area contributed by atoms with Crippen molar-refractivity contribution in [2.45, 2.75) is 0 Å². The highest BCUT2D eigenvalue weighted by Gasteiger charge is 2.15. The molecule has 8 heteroatoms. The number of aromatic nitrogens is 3. The van der Waals surface area contributed by atoms with E-state index in [1.165, 1.54) is 5.69 Å². The maximum absolute atomic E-state index is 12.9. The second-order valence-electron chi connectivity index (χ2n) is 7.89. The van der Waals surface area contributed by atoms with E-state index in [9.17, 15) is 4.79 Å². The Bertz CT molecular complexity index is 1260. The van der Waals surface area contributed by atoms with Crippen LogP contribution in [0, 0.1) is 0 Å². The van der Waals surface area contributed by atoms with Crippen molar-refractivity contribution in [2.75, 3.05) is 43.4 Å². The molecule has 4 aromatic rings. The summed E-state index contributed by atoms with van der Waals surface area (Å²) in [4.78, 5) is 26.7. The monoisotopic (exact) mass is 432 g/mol. The Morgan fingerprint density at radius 3 is 2.52 bits per heavy atom. The van der Waals surface area contributed by atoms with Crippen LogP contribution in [0.2, 0.25) is 0 Å². The molecule has 0 atom stereocenters. The summed E-state index contributed by atoms with van der Waals surface area (Å²) in [6, 6.07) is 10.3. The normalized spacial score (nSPS) is 14.8. The standard InChI is InChI=1S/C23H24N6OS/c1-27-8-10-29(11-9-27)18-5-3-17(4-6-18)25-23-24-13-19-21(30)20(16-7-12-31-15-16)14-28(2)22(19)26-23/h3-7,12-15H,8-11H2,1-2H3,(H,24,25,26). The van der Waals surface area contributed by atoms with Gasteiger partial charge in [0.25, 0.3) is 0 Å². The molecule has 158 valence electrons. The number of hydrogen-bond acceptors (Lipinski definition) is 7. The molecule has 0 saturated carbocycles. The van der Waals surface area contributed by atoms with E-state index >= 15 is 0 Å². The number of anilines is 3. The molecule has 0 spiro atoms. The van der Waals surface area contributed by atoms with E-state index in [4.69, 9.17) is 0 Å². The Morgan fingerprint density at radius 1 is 1.03 bits per heavy atom. The van der Waals surface area contributed by atoms with Gasteiger partial charge in [0.2, 0.25) is 5.95 Å². The zero-order chi connectivity index (χ0) is 21.4. The Kier molecular flexibility index (Phi) is 5.17. The first-order chi connectivity index (χ1) is 15.1. The largest absolute Gasteiger partial charge is 0.369 e. The fraction of sp³-hybridized carbons (Fsp3) is 0.261. The predicted molar refractivity (Wildman–Crippen MR) is 128 cm³/mol. The minimum Gasteiger partial charge on any atom is -0.369 e. The van der Waals surface area contributed by atoms with Gasteiger partial charge in [-0.05, 0) is 53.7 Å². The Labute approximate surface area is 184 Å². The fourth-order valence-electron chi connectivity index (χ4n) is 3.89. The van der Waals surface area contributed by atoms with Gasteiger partial charge >= 0.3 is 0 Å². The third-order valence-electron chi connectivity index (χ3n) is 5.74. The molecule has 0 radical (unpaired) electrons. The lowest BCUT2D eigenvalue weighted by Gasteiger charge is -2.34. The molecule has 0 bridgehead atoms. The van der Waals surface area contributed by atoms with Gasteiger partial charge in [-0.15, -0.1) is 0 Å². The maximum atomic E-state index is 12.9. The first-order valence-corrected chi connectivity index (χ1v) is 11.2. The Morgan fingerprint density at radius 2 is 1.81 bits per heavy atom. The molecule has 0 unspecified atom stereocenters. The molecule has 5 rings (SSSR count). The molecule has 0 aliphatic carbocycles. The van der Waals surface area contributed by atoms with Crippen LogP contribution < -0.4 is 15.6 Å². The van der Waals surface area contributed by atoms with Crippen molar-refractivity contribution in [3.05, 3.63) is 63.7 Å². The molecule has 1 aliphatic heterocycles. The van der Waals surface area contributed by atoms with Crippen LogP contribution in [0.5, 0.6) is 0 Å². The van der Waals surface area contributed by atoms with Crippen LogP contribution >= 0.6 is 11.3 Å². The summed E-state index contributed by atoms with van der Waals surface area (Å²) in [6.45, 7) is 4.24. The van der Waals surface area contributed by atoms with Crippen molar-refractivity contribution in [2.24, 2.45) is 7.05 Å². The lowest BCUT2D eigenvalue weighted by Crippen LogP contribution is -2.44. The SMILES string of the molecule is CN1CCN(c2ccc(Nc3ncc4c(=O)c(-c5ccsc5)cn(C)c4n3)cc2)CC1. The van der Waals surface area contributed by atoms with Gasteiger partial charge in [0, 0.05) is 62.6 Å². The van der Waals surface area contributed by atoms with Gasteiger partial charge in [-0.25, -0.2) is 4.98 Å². The molecule has 1 fully saturated rings. The summed E-state index contributed by atoms with van der Waals surface area (Å²) in [5, 5.41) is 7.72. The van der Waals surface area contributed by atoms with Gasteiger partial charge in [0.1, 0.15) is 5.65 Å². The number of nitrogens with zero attached hydrogens (tertiary/aromatic N) is 5. The number of rotatable bonds is 4. The van der Waals surface area contributed by atoms with Crippen LogP contribution in [0.25, 0.3) is 22.2 Å². The summed E-state index contributed by atoms with van der Waals surface area (Å²) in [6.07, 6.45) is 3.45. The Balaban J connectivity index is 1.39. The number of benzene rings is 1. The Hall–Kier alpha value is -3.23. The van der Waals surface area contributed by atoms with Gasteiger partial charge in [-0.2, -0.15) is 16.3 Å². The van der Waals surface area contributed by atoms with Crippen molar-refractivity contribution >= 4 is 39.7 Å². The van der Waals surface area contributed by atoms with Crippen molar-refractivity contribution in [1.82, 2.24) is 19.4 Å². The summed E-state index contributed by atoms with van der Waals surface area (Å²) in [5.41, 5.74) is 4.29. The molecule has 4 heterocycles. The molecule has 1 saturated heterocycles. The second kappa shape index (κ2) is 8.13. The van der Waals surface area contributed by atoms with Crippen LogP contribution in [0.15, 0.2) is 58.3 Å². The lowest BCUT2D eigenvalue weighted by atomic mass is 10.1. The van der Waals surface area contributed by atoms with Gasteiger partial charge in [-0.3, -0.25) is 4.79 Å². The molecule has 31 heavy (non-hydrogen) atoms. The third kappa shape index (κ3) is 3.92. The average Bonchev–Trinajstić information content (AvgIpc) is 3.32. The summed E-state index contributed by atoms with van der Waals surface area (Å²) >= 11 is 1.57. The van der Waals surface area contributed by atoms with E-state index in [1.54, 1.807) is 17.5 Å². The van der Waals surface area contributed by atoms with Crippen LogP contribution in [0.4, 0.5) is 17.3 Å². The van der Waals surface area contributed by atoms with Crippen LogP contribution in [0.1, 0.15) is 0 Å². The number of hydrogen-bond donors (Lipinski definition) is 1. The van der Waals surface area contributed by atoms with E-state index in [0.29, 0.717) is 22.5 Å². The highest BCUT2D eigenvalue weighted by molar-refractivity contribution is 7.08. The van der Waals surface area contributed by atoms with E-state index in [1.807, 2.05) is 46.8 Å². The van der Waals surface area contributed by atoms with Crippen molar-refractivity contribution in [1.29, 1.82) is 0 Å². The quantitative estimate of drug-likeness (QED) is 0.532. The first kappa shape index (κ1) is 19.7. The average molecular weight is 433 g/mol. The van der Waals surface area contributed by atoms with Gasteiger partial charge < -0.3 is 19.7 Å². The number of thiophene rings is 1. The van der Waals surface area contributed by atoms with Gasteiger partial charge in [0.05, 0.1) is 5.39 Å². The molecular formula is C23H24N6OS. The highest BCUT2D eigenvalue weighted by Crippen LogP contribution is 2.23. The summed E-state index contributed by atoms with van der Waals surface area (Å²) < 4.78 is 1.88. The molecule has 7 nitrogen and oxygen atoms in total. The van der Waals surface area contributed by atoms with E-state index in [0.717, 1.165) is 37.4 Å². The number of pyridine rings is 1. The fourth-order valence-corrected chi connectivity index (χ4v) is 4.55. The second-order valence-corrected chi connectivity index (χ2v) is 8.67. The number of nitrogens with one attached hydrogen (secondary N) is 1. The smallest absolute Gasteiger partial charge is 0.229 e. The molecule has 1 N–H and O–H groups in total. The van der Waals surface area contributed by atoms with Crippen molar-refractivity contribution < 1.29 is 0 Å². The number of piperazine rings is 1. The minimum atomic E-state index is -0.0467. The number of aryl methyl sites for hydroxylation is 1. The van der Waals surface area contributed by atoms with Gasteiger partial charge in [-0.1, -0.05) is 0 Å². The zero-order valence-electron chi connectivity index (χ0n) is 17.6. The summed E-state index contributed by atoms with van der Waals surface area (Å²) in [7, 11) is 4.06. The molecule has 1 aromatic carbocycles. The van der Waals surface area contributed by atoms with Crippen LogP contribution in [-0.2, 0) is 7.05 Å². The van der Waals surface area contributed by atoms with E-state index < -0.39 is 0 Å². The van der Waals surface area contributed by atoms with Crippen LogP contribution in [0.3, 0.4) is 0 Å². The maximum Gasteiger partial charge on any atom is 0.229 e. The molecule has 0 amide bonds. The molecular weight excluding hydrogens is 408 g/mol. The first-order valence-electron chi connectivity index (χ1n) is 10.3. The molecule has 3 aromatic heterocycles. The topological polar surface area (TPSA) is 66.3 Å². The van der Waals surface area contributed by atoms with E-state index in [2.05, 4.69) is 44.3 Å². The van der Waals surface area contributed by atoms with Crippen molar-refractivity contribution in [3.63, 3.8) is 0 Å². The van der Waals surface area contributed by atoms with E-state index in [-0.39, 0.29) is 5.43 Å². The van der Waals surface area contributed by atoms with Gasteiger partial charge in [0.15, 0.2) is 5.43 Å². The zero-order valence-corrected chi connectivity index (χ0v) is 18.4. The number of likely N-dealkylation sites (N-methyl/N-ethyl adjacent to an activating group) is 1. The summed E-state index contributed by atoms with van der Waals surface area (Å²) in [5.74, 6) is 0.470. The predicted octanol–water partition coefficient (Wildman–Crippen LogP) is 3.55. The van der Waals surface area contributed by atoms with Crippen LogP contribution in [-0.4, -0.2) is 52.7 Å². The molecule has 1 aliphatic rings. The van der Waals surface area contributed by atoms with Crippen molar-refractivity contribution in [3.8, 4) is 11.1 Å². The lowest BCUT2D eigenvalue weighted by molar-refractivity contribution is 0.313.